The monoisotopic (exact) mass is 364 g/mol. The molecule has 0 bridgehead atoms. The first-order valence-corrected chi connectivity index (χ1v) is 9.56. The van der Waals surface area contributed by atoms with Gasteiger partial charge in [-0.2, -0.15) is 0 Å². The maximum Gasteiger partial charge on any atom is 0.247 e. The molecule has 0 N–H and O–H groups in total. The average Bonchev–Trinajstić information content (AvgIpc) is 3.26. The largest absolute Gasteiger partial charge is 0.419 e. The molecule has 2 aromatic heterocycles. The van der Waals surface area contributed by atoms with Gasteiger partial charge >= 0.3 is 0 Å². The van der Waals surface area contributed by atoms with E-state index in [1.54, 1.807) is 11.8 Å². The normalized spacial score (nSPS) is 12.6. The number of imidazole rings is 1. The van der Waals surface area contributed by atoms with Crippen molar-refractivity contribution in [2.75, 3.05) is 0 Å². The fourth-order valence-electron chi connectivity index (χ4n) is 2.87. The van der Waals surface area contributed by atoms with Gasteiger partial charge in [0, 0.05) is 12.1 Å². The zero-order chi connectivity index (χ0) is 18.1. The smallest absolute Gasteiger partial charge is 0.247 e. The molecule has 0 spiro atoms. The number of hydrogen-bond donors (Lipinski definition) is 0. The highest BCUT2D eigenvalue weighted by Gasteiger charge is 2.20. The number of benzene rings is 2. The lowest BCUT2D eigenvalue weighted by Gasteiger charge is -2.08. The third kappa shape index (κ3) is 3.12. The summed E-state index contributed by atoms with van der Waals surface area (Å²) in [5.41, 5.74) is 4.30. The predicted molar refractivity (Wildman–Crippen MR) is 104 cm³/mol. The minimum Gasteiger partial charge on any atom is -0.419 e. The topological polar surface area (TPSA) is 56.7 Å². The molecule has 132 valence electrons. The number of rotatable bonds is 5. The molecule has 4 rings (SSSR count). The summed E-state index contributed by atoms with van der Waals surface area (Å²) in [5, 5.41) is 9.44. The number of hydrogen-bond acceptors (Lipinski definition) is 5. The van der Waals surface area contributed by atoms with Crippen LogP contribution in [0.5, 0.6) is 0 Å². The van der Waals surface area contributed by atoms with E-state index in [-0.39, 0.29) is 5.25 Å². The summed E-state index contributed by atoms with van der Waals surface area (Å²) in [6, 6.07) is 16.3. The van der Waals surface area contributed by atoms with Crippen molar-refractivity contribution in [3.05, 3.63) is 60.0 Å². The minimum atomic E-state index is 0.0174. The molecule has 0 fully saturated rings. The minimum absolute atomic E-state index is 0.0174. The van der Waals surface area contributed by atoms with Gasteiger partial charge in [-0.25, -0.2) is 4.98 Å². The Kier molecular flexibility index (Phi) is 4.51. The molecule has 1 unspecified atom stereocenters. The van der Waals surface area contributed by atoms with Crippen molar-refractivity contribution in [1.29, 1.82) is 0 Å². The van der Waals surface area contributed by atoms with Crippen LogP contribution >= 0.6 is 11.8 Å². The molecule has 0 aliphatic rings. The van der Waals surface area contributed by atoms with Crippen LogP contribution in [-0.4, -0.2) is 19.7 Å². The standard InChI is InChI=1S/C20H20N4OS/c1-4-24-17-8-6-5-7-16(17)21-20(24)26-14(3)18-22-23-19(25-18)15-11-9-13(2)10-12-15/h5-12,14H,4H2,1-3H3. The lowest BCUT2D eigenvalue weighted by Crippen LogP contribution is -1.98. The van der Waals surface area contributed by atoms with E-state index in [0.717, 1.165) is 28.3 Å². The van der Waals surface area contributed by atoms with Crippen molar-refractivity contribution in [3.63, 3.8) is 0 Å². The summed E-state index contributed by atoms with van der Waals surface area (Å²) in [6.07, 6.45) is 0. The SMILES string of the molecule is CCn1c(SC(C)c2nnc(-c3ccc(C)cc3)o2)nc2ccccc21. The molecule has 2 aromatic carbocycles. The van der Waals surface area contributed by atoms with Crippen LogP contribution in [0.1, 0.15) is 30.6 Å². The zero-order valence-corrected chi connectivity index (χ0v) is 15.8. The molecule has 0 saturated carbocycles. The lowest BCUT2D eigenvalue weighted by atomic mass is 10.1. The van der Waals surface area contributed by atoms with E-state index in [2.05, 4.69) is 41.6 Å². The van der Waals surface area contributed by atoms with Crippen LogP contribution < -0.4 is 0 Å². The fourth-order valence-corrected chi connectivity index (χ4v) is 3.89. The van der Waals surface area contributed by atoms with Crippen molar-refractivity contribution in [1.82, 2.24) is 19.7 Å². The van der Waals surface area contributed by atoms with Crippen molar-refractivity contribution in [3.8, 4) is 11.5 Å². The molecule has 6 heteroatoms. The number of nitrogens with zero attached hydrogens (tertiary/aromatic N) is 4. The van der Waals surface area contributed by atoms with E-state index >= 15 is 0 Å². The molecular weight excluding hydrogens is 344 g/mol. The van der Waals surface area contributed by atoms with Crippen LogP contribution in [0.4, 0.5) is 0 Å². The van der Waals surface area contributed by atoms with Crippen molar-refractivity contribution in [2.24, 2.45) is 0 Å². The second-order valence-electron chi connectivity index (χ2n) is 6.20. The Morgan fingerprint density at radius 1 is 1.08 bits per heavy atom. The van der Waals surface area contributed by atoms with E-state index in [1.165, 1.54) is 5.56 Å². The Morgan fingerprint density at radius 3 is 2.62 bits per heavy atom. The van der Waals surface area contributed by atoms with E-state index in [4.69, 9.17) is 9.40 Å². The highest BCUT2D eigenvalue weighted by molar-refractivity contribution is 7.99. The number of aromatic nitrogens is 4. The highest BCUT2D eigenvalue weighted by Crippen LogP contribution is 2.36. The highest BCUT2D eigenvalue weighted by atomic mass is 32.2. The molecule has 0 aliphatic carbocycles. The van der Waals surface area contributed by atoms with Crippen molar-refractivity contribution in [2.45, 2.75) is 37.7 Å². The number of aryl methyl sites for hydroxylation is 2. The van der Waals surface area contributed by atoms with Crippen LogP contribution in [0.3, 0.4) is 0 Å². The van der Waals surface area contributed by atoms with E-state index < -0.39 is 0 Å². The molecule has 4 aromatic rings. The number of fused-ring (bicyclic) bond motifs is 1. The molecule has 0 aliphatic heterocycles. The molecule has 0 radical (unpaired) electrons. The van der Waals surface area contributed by atoms with Crippen LogP contribution in [0.15, 0.2) is 58.1 Å². The Hall–Kier alpha value is -2.60. The molecular formula is C20H20N4OS. The quantitative estimate of drug-likeness (QED) is 0.452. The van der Waals surface area contributed by atoms with Gasteiger partial charge in [0.1, 0.15) is 0 Å². The zero-order valence-electron chi connectivity index (χ0n) is 15.0. The first-order valence-electron chi connectivity index (χ1n) is 8.68. The molecule has 1 atom stereocenters. The molecule has 26 heavy (non-hydrogen) atoms. The summed E-state index contributed by atoms with van der Waals surface area (Å²) in [4.78, 5) is 4.76. The Labute approximate surface area is 156 Å². The summed E-state index contributed by atoms with van der Waals surface area (Å²) in [6.45, 7) is 7.12. The van der Waals surface area contributed by atoms with Crippen LogP contribution in [-0.2, 0) is 6.54 Å². The molecule has 0 saturated heterocycles. The second kappa shape index (κ2) is 6.96. The van der Waals surface area contributed by atoms with Gasteiger partial charge in [-0.1, -0.05) is 41.6 Å². The second-order valence-corrected chi connectivity index (χ2v) is 7.51. The van der Waals surface area contributed by atoms with E-state index in [9.17, 15) is 0 Å². The average molecular weight is 364 g/mol. The van der Waals surface area contributed by atoms with Crippen LogP contribution in [0.25, 0.3) is 22.5 Å². The summed E-state index contributed by atoms with van der Waals surface area (Å²) < 4.78 is 8.13. The van der Waals surface area contributed by atoms with Crippen LogP contribution in [0.2, 0.25) is 0 Å². The van der Waals surface area contributed by atoms with E-state index in [0.29, 0.717) is 11.8 Å². The molecule has 2 heterocycles. The van der Waals surface area contributed by atoms with Gasteiger partial charge in [-0.3, -0.25) is 0 Å². The fraction of sp³-hybridized carbons (Fsp3) is 0.250. The third-order valence-electron chi connectivity index (χ3n) is 4.30. The maximum atomic E-state index is 5.91. The molecule has 0 amide bonds. The predicted octanol–water partition coefficient (Wildman–Crippen LogP) is 5.27. The van der Waals surface area contributed by atoms with Gasteiger partial charge in [-0.15, -0.1) is 10.2 Å². The van der Waals surface area contributed by atoms with Crippen molar-refractivity contribution >= 4 is 22.8 Å². The Morgan fingerprint density at radius 2 is 1.85 bits per heavy atom. The Balaban J connectivity index is 1.59. The summed E-state index contributed by atoms with van der Waals surface area (Å²) in [7, 11) is 0. The first kappa shape index (κ1) is 16.8. The van der Waals surface area contributed by atoms with E-state index in [1.807, 2.05) is 42.5 Å². The maximum absolute atomic E-state index is 5.91. The lowest BCUT2D eigenvalue weighted by molar-refractivity contribution is 0.508. The van der Waals surface area contributed by atoms with Crippen molar-refractivity contribution < 1.29 is 4.42 Å². The summed E-state index contributed by atoms with van der Waals surface area (Å²) >= 11 is 1.64. The number of thioether (sulfide) groups is 1. The molecule has 5 nitrogen and oxygen atoms in total. The van der Waals surface area contributed by atoms with Crippen LogP contribution in [0, 0.1) is 6.92 Å². The van der Waals surface area contributed by atoms with Gasteiger partial charge in [-0.05, 0) is 45.0 Å². The number of para-hydroxylation sites is 2. The van der Waals surface area contributed by atoms with Gasteiger partial charge in [0.05, 0.1) is 16.3 Å². The Bertz CT molecular complexity index is 1040. The van der Waals surface area contributed by atoms with Gasteiger partial charge in [0.2, 0.25) is 11.8 Å². The van der Waals surface area contributed by atoms with Gasteiger partial charge in [0.25, 0.3) is 0 Å². The van der Waals surface area contributed by atoms with Gasteiger partial charge in [0.15, 0.2) is 5.16 Å². The third-order valence-corrected chi connectivity index (χ3v) is 5.38. The first-order chi connectivity index (χ1) is 12.7. The summed E-state index contributed by atoms with van der Waals surface area (Å²) in [5.74, 6) is 1.16. The van der Waals surface area contributed by atoms with Gasteiger partial charge < -0.3 is 8.98 Å².